The van der Waals surface area contributed by atoms with Gasteiger partial charge in [0.2, 0.25) is 8.32 Å². The van der Waals surface area contributed by atoms with Crippen LogP contribution in [0.5, 0.6) is 0 Å². The van der Waals surface area contributed by atoms with E-state index in [1.54, 1.807) is 0 Å². The molecule has 0 saturated carbocycles. The Kier molecular flexibility index (Phi) is 3.88. The van der Waals surface area contributed by atoms with Gasteiger partial charge in [-0.05, 0) is 26.6 Å². The molecule has 0 bridgehead atoms. The molecule has 2 N–H and O–H groups in total. The van der Waals surface area contributed by atoms with Crippen LogP contribution in [0.25, 0.3) is 0 Å². The highest BCUT2D eigenvalue weighted by Gasteiger charge is 2.16. The van der Waals surface area contributed by atoms with Crippen molar-refractivity contribution < 1.29 is 4.43 Å². The maximum atomic E-state index is 5.76. The first-order valence-corrected chi connectivity index (χ1v) is 9.54. The number of rotatable bonds is 3. The van der Waals surface area contributed by atoms with E-state index >= 15 is 0 Å². The summed E-state index contributed by atoms with van der Waals surface area (Å²) in [6.45, 7) is 10.7. The van der Waals surface area contributed by atoms with E-state index in [2.05, 4.69) is 26.2 Å². The van der Waals surface area contributed by atoms with Crippen LogP contribution in [0, 0.1) is 0 Å². The maximum absolute atomic E-state index is 5.76. The largest absolute Gasteiger partial charge is 0.546 e. The molecule has 0 aliphatic carbocycles. The number of nitrogens with two attached hydrogens (primary N) is 1. The molecule has 2 nitrogen and oxygen atoms in total. The van der Waals surface area contributed by atoms with Crippen molar-refractivity contribution in [2.45, 2.75) is 33.1 Å². The van der Waals surface area contributed by atoms with Gasteiger partial charge in [-0.2, -0.15) is 0 Å². The summed E-state index contributed by atoms with van der Waals surface area (Å²) in [5.74, 6) is 0.971. The predicted octanol–water partition coefficient (Wildman–Crippen LogP) is 1.20. The molecule has 0 aliphatic heterocycles. The topological polar surface area (TPSA) is 35.2 Å². The Morgan fingerprint density at radius 2 is 1.82 bits per heavy atom. The molecule has 66 valence electrons. The van der Waals surface area contributed by atoms with Crippen molar-refractivity contribution in [3.63, 3.8) is 0 Å². The SMILES string of the molecule is C[SiH2]C(N)=C(C)O[Si](C)(C)C. The second-order valence-electron chi connectivity index (χ2n) is 3.65. The molecule has 0 spiro atoms. The van der Waals surface area contributed by atoms with E-state index in [4.69, 9.17) is 10.2 Å². The van der Waals surface area contributed by atoms with Gasteiger partial charge in [-0.15, -0.1) is 0 Å². The van der Waals surface area contributed by atoms with Gasteiger partial charge in [0.25, 0.3) is 0 Å². The fourth-order valence-corrected chi connectivity index (χ4v) is 2.54. The Labute approximate surface area is 72.8 Å². The van der Waals surface area contributed by atoms with E-state index in [0.717, 1.165) is 11.1 Å². The molecule has 0 aromatic rings. The van der Waals surface area contributed by atoms with Crippen LogP contribution in [0.1, 0.15) is 6.92 Å². The Bertz CT molecular complexity index is 160. The smallest absolute Gasteiger partial charge is 0.241 e. The van der Waals surface area contributed by atoms with Crippen molar-refractivity contribution >= 4 is 17.8 Å². The Balaban J connectivity index is 4.17. The van der Waals surface area contributed by atoms with Crippen molar-refractivity contribution in [1.82, 2.24) is 0 Å². The van der Waals surface area contributed by atoms with E-state index in [9.17, 15) is 0 Å². The van der Waals surface area contributed by atoms with Crippen molar-refractivity contribution in [1.29, 1.82) is 0 Å². The lowest BCUT2D eigenvalue weighted by Crippen LogP contribution is -2.26. The van der Waals surface area contributed by atoms with Crippen LogP contribution in [-0.4, -0.2) is 17.8 Å². The average Bonchev–Trinajstić information content (AvgIpc) is 1.82. The summed E-state index contributed by atoms with van der Waals surface area (Å²) >= 11 is 0. The third-order valence-corrected chi connectivity index (χ3v) is 3.47. The molecule has 0 rings (SSSR count). The molecule has 11 heavy (non-hydrogen) atoms. The van der Waals surface area contributed by atoms with Gasteiger partial charge >= 0.3 is 0 Å². The molecule has 0 aromatic carbocycles. The average molecular weight is 189 g/mol. The fourth-order valence-electron chi connectivity index (χ4n) is 0.774. The van der Waals surface area contributed by atoms with Crippen molar-refractivity contribution in [3.8, 4) is 0 Å². The molecule has 4 heteroatoms. The lowest BCUT2D eigenvalue weighted by Gasteiger charge is -2.20. The second-order valence-corrected chi connectivity index (χ2v) is 9.55. The lowest BCUT2D eigenvalue weighted by atomic mass is 10.6. The molecule has 0 fully saturated rings. The summed E-state index contributed by atoms with van der Waals surface area (Å²) in [4.78, 5) is 0. The minimum Gasteiger partial charge on any atom is -0.546 e. The van der Waals surface area contributed by atoms with Crippen molar-refractivity contribution in [2.24, 2.45) is 5.73 Å². The summed E-state index contributed by atoms with van der Waals surface area (Å²) in [5, 5.41) is 1.01. The van der Waals surface area contributed by atoms with Gasteiger partial charge in [-0.3, -0.25) is 0 Å². The van der Waals surface area contributed by atoms with Crippen molar-refractivity contribution in [3.05, 3.63) is 11.1 Å². The highest BCUT2D eigenvalue weighted by Crippen LogP contribution is 2.10. The molecule has 0 unspecified atom stereocenters. The third-order valence-electron chi connectivity index (χ3n) is 1.29. The predicted molar refractivity (Wildman–Crippen MR) is 55.7 cm³/mol. The van der Waals surface area contributed by atoms with Crippen molar-refractivity contribution in [2.75, 3.05) is 0 Å². The zero-order valence-electron chi connectivity index (χ0n) is 8.19. The normalized spacial score (nSPS) is 15.4. The molecule has 0 aliphatic rings. The minimum atomic E-state index is -1.41. The molecule has 0 saturated heterocycles. The highest BCUT2D eigenvalue weighted by molar-refractivity contribution is 6.70. The molecular weight excluding hydrogens is 170 g/mol. The van der Waals surface area contributed by atoms with E-state index in [1.807, 2.05) is 6.92 Å². The van der Waals surface area contributed by atoms with Gasteiger partial charge in [-0.1, -0.05) is 6.55 Å². The lowest BCUT2D eigenvalue weighted by molar-refractivity contribution is 0.420. The maximum Gasteiger partial charge on any atom is 0.241 e. The Morgan fingerprint density at radius 1 is 1.36 bits per heavy atom. The van der Waals surface area contributed by atoms with Gasteiger partial charge in [0, 0.05) is 5.32 Å². The van der Waals surface area contributed by atoms with E-state index in [1.165, 1.54) is 0 Å². The highest BCUT2D eigenvalue weighted by atomic mass is 28.4. The monoisotopic (exact) mass is 189 g/mol. The molecule has 0 aromatic heterocycles. The van der Waals surface area contributed by atoms with E-state index in [-0.39, 0.29) is 9.52 Å². The number of hydrogen-bond acceptors (Lipinski definition) is 2. The van der Waals surface area contributed by atoms with Gasteiger partial charge in [0.05, 0.1) is 15.3 Å². The molecule has 0 radical (unpaired) electrons. The Morgan fingerprint density at radius 3 is 2.09 bits per heavy atom. The van der Waals surface area contributed by atoms with Gasteiger partial charge < -0.3 is 10.2 Å². The summed E-state index contributed by atoms with van der Waals surface area (Å²) in [6.07, 6.45) is 0. The van der Waals surface area contributed by atoms with Crippen LogP contribution in [0.3, 0.4) is 0 Å². The van der Waals surface area contributed by atoms with Gasteiger partial charge in [0.15, 0.2) is 0 Å². The number of allylic oxidation sites excluding steroid dienone is 1. The summed E-state index contributed by atoms with van der Waals surface area (Å²) < 4.78 is 5.72. The van der Waals surface area contributed by atoms with E-state index in [0.29, 0.717) is 0 Å². The first-order valence-electron chi connectivity index (χ1n) is 4.01. The van der Waals surface area contributed by atoms with Crippen LogP contribution >= 0.6 is 0 Å². The molecule has 0 atom stereocenters. The zero-order valence-corrected chi connectivity index (χ0v) is 10.6. The Hall–Kier alpha value is -0.226. The summed E-state index contributed by atoms with van der Waals surface area (Å²) in [5.41, 5.74) is 5.76. The fraction of sp³-hybridized carbons (Fsp3) is 0.714. The van der Waals surface area contributed by atoms with E-state index < -0.39 is 8.32 Å². The van der Waals surface area contributed by atoms with Crippen LogP contribution in [0.15, 0.2) is 11.1 Å². The minimum absolute atomic E-state index is 0.223. The zero-order chi connectivity index (χ0) is 9.07. The summed E-state index contributed by atoms with van der Waals surface area (Å²) in [6, 6.07) is 0. The van der Waals surface area contributed by atoms with Crippen LogP contribution in [0.4, 0.5) is 0 Å². The first kappa shape index (κ1) is 10.8. The second kappa shape index (κ2) is 3.97. The standard InChI is InChI=1S/C7H19NOSi2/c1-6(7(8)10-2)9-11(3,4)5/h8,10H2,1-5H3. The molecular formula is C7H19NOSi2. The quantitative estimate of drug-likeness (QED) is 0.535. The van der Waals surface area contributed by atoms with Crippen LogP contribution < -0.4 is 5.73 Å². The first-order chi connectivity index (χ1) is 4.87. The van der Waals surface area contributed by atoms with Gasteiger partial charge in [-0.25, -0.2) is 0 Å². The summed E-state index contributed by atoms with van der Waals surface area (Å²) in [7, 11) is -1.64. The van der Waals surface area contributed by atoms with Crippen LogP contribution in [-0.2, 0) is 4.43 Å². The molecule has 0 amide bonds. The van der Waals surface area contributed by atoms with Crippen LogP contribution in [0.2, 0.25) is 26.2 Å². The third kappa shape index (κ3) is 5.09. The number of hydrogen-bond donors (Lipinski definition) is 1. The molecule has 0 heterocycles. The van der Waals surface area contributed by atoms with Gasteiger partial charge in [0.1, 0.15) is 0 Å².